The lowest BCUT2D eigenvalue weighted by molar-refractivity contribution is 0.104. The van der Waals surface area contributed by atoms with Gasteiger partial charge in [0.25, 0.3) is 0 Å². The van der Waals surface area contributed by atoms with Gasteiger partial charge in [-0.2, -0.15) is 0 Å². The second-order valence-electron chi connectivity index (χ2n) is 7.44. The Labute approximate surface area is 165 Å². The molecule has 2 aromatic rings. The second-order valence-corrected chi connectivity index (χ2v) is 7.44. The highest BCUT2D eigenvalue weighted by molar-refractivity contribution is 6.11. The number of carbonyl (C=O) groups excluding carboxylic acids is 1. The molecule has 0 spiro atoms. The van der Waals surface area contributed by atoms with Crippen molar-refractivity contribution in [2.24, 2.45) is 0 Å². The van der Waals surface area contributed by atoms with Crippen LogP contribution in [0.2, 0.25) is 0 Å². The largest absolute Gasteiger partial charge is 0.506 e. The van der Waals surface area contributed by atoms with Crippen molar-refractivity contribution in [1.29, 1.82) is 0 Å². The lowest BCUT2D eigenvalue weighted by atomic mass is 9.97. The number of methoxy groups -OCH3 is 1. The van der Waals surface area contributed by atoms with Crippen molar-refractivity contribution >= 4 is 23.6 Å². The maximum Gasteiger partial charge on any atom is 0.193 e. The number of carbonyl (C=O) groups is 1. The number of nitrogens with zero attached hydrogens (tertiary/aromatic N) is 1. The lowest BCUT2D eigenvalue weighted by Gasteiger charge is -2.29. The van der Waals surface area contributed by atoms with E-state index in [2.05, 4.69) is 0 Å². The number of ketones is 1. The number of allylic oxidation sites excluding steroid dienone is 1. The number of ether oxygens (including phenoxy) is 2. The number of phenols is 1. The maximum absolute atomic E-state index is 12.8. The number of anilines is 1. The average molecular weight is 379 g/mol. The highest BCUT2D eigenvalue weighted by Gasteiger charge is 2.28. The highest BCUT2D eigenvalue weighted by Crippen LogP contribution is 2.43. The SMILES string of the molecule is COc1cc2c(c(O)c1C(=O)/C=C/c1ccc(N(C)C)cc1)C=CC(C)(C)O2. The molecule has 0 amide bonds. The van der Waals surface area contributed by atoms with Gasteiger partial charge in [0.05, 0.1) is 12.7 Å². The highest BCUT2D eigenvalue weighted by atomic mass is 16.5. The van der Waals surface area contributed by atoms with E-state index in [0.717, 1.165) is 11.3 Å². The molecule has 0 fully saturated rings. The molecule has 1 N–H and O–H groups in total. The number of phenolic OH excluding ortho intramolecular Hbond substituents is 1. The van der Waals surface area contributed by atoms with Gasteiger partial charge in [0.1, 0.15) is 28.4 Å². The topological polar surface area (TPSA) is 59.0 Å². The van der Waals surface area contributed by atoms with Crippen LogP contribution < -0.4 is 14.4 Å². The van der Waals surface area contributed by atoms with Crippen LogP contribution >= 0.6 is 0 Å². The van der Waals surface area contributed by atoms with E-state index in [1.807, 2.05) is 63.2 Å². The number of fused-ring (bicyclic) bond motifs is 1. The number of hydrogen-bond donors (Lipinski definition) is 1. The summed E-state index contributed by atoms with van der Waals surface area (Å²) < 4.78 is 11.2. The van der Waals surface area contributed by atoms with E-state index >= 15 is 0 Å². The van der Waals surface area contributed by atoms with Crippen LogP contribution in [0.5, 0.6) is 17.2 Å². The Bertz CT molecular complexity index is 954. The Morgan fingerprint density at radius 2 is 1.89 bits per heavy atom. The van der Waals surface area contributed by atoms with Crippen molar-refractivity contribution in [2.75, 3.05) is 26.1 Å². The minimum atomic E-state index is -0.491. The molecule has 0 aromatic heterocycles. The normalized spacial score (nSPS) is 14.5. The number of rotatable bonds is 5. The first-order valence-electron chi connectivity index (χ1n) is 9.04. The molecule has 0 unspecified atom stereocenters. The van der Waals surface area contributed by atoms with Gasteiger partial charge in [-0.25, -0.2) is 0 Å². The van der Waals surface area contributed by atoms with Gasteiger partial charge in [-0.15, -0.1) is 0 Å². The van der Waals surface area contributed by atoms with E-state index in [0.29, 0.717) is 11.3 Å². The molecule has 0 saturated heterocycles. The Morgan fingerprint density at radius 1 is 1.21 bits per heavy atom. The zero-order valence-corrected chi connectivity index (χ0v) is 16.8. The summed E-state index contributed by atoms with van der Waals surface area (Å²) in [7, 11) is 5.41. The number of benzene rings is 2. The predicted molar refractivity (Wildman–Crippen MR) is 113 cm³/mol. The van der Waals surface area contributed by atoms with E-state index in [-0.39, 0.29) is 22.8 Å². The monoisotopic (exact) mass is 379 g/mol. The molecule has 3 rings (SSSR count). The maximum atomic E-state index is 12.8. The van der Waals surface area contributed by atoms with Crippen molar-refractivity contribution in [3.63, 3.8) is 0 Å². The van der Waals surface area contributed by atoms with E-state index in [1.54, 1.807) is 18.2 Å². The van der Waals surface area contributed by atoms with E-state index < -0.39 is 5.60 Å². The third-order valence-electron chi connectivity index (χ3n) is 4.59. The predicted octanol–water partition coefficient (Wildman–Crippen LogP) is 4.55. The lowest BCUT2D eigenvalue weighted by Crippen LogP contribution is -2.27. The van der Waals surface area contributed by atoms with Crippen molar-refractivity contribution < 1.29 is 19.4 Å². The molecule has 0 radical (unpaired) electrons. The summed E-state index contributed by atoms with van der Waals surface area (Å²) in [5.74, 6) is 0.285. The minimum absolute atomic E-state index is 0.121. The zero-order chi connectivity index (χ0) is 20.5. The van der Waals surface area contributed by atoms with Crippen molar-refractivity contribution in [2.45, 2.75) is 19.4 Å². The fraction of sp³-hybridized carbons (Fsp3) is 0.261. The van der Waals surface area contributed by atoms with Gasteiger partial charge in [0.15, 0.2) is 5.78 Å². The Kier molecular flexibility index (Phi) is 5.18. The minimum Gasteiger partial charge on any atom is -0.506 e. The van der Waals surface area contributed by atoms with Crippen LogP contribution in [-0.4, -0.2) is 37.7 Å². The molecule has 5 nitrogen and oxygen atoms in total. The van der Waals surface area contributed by atoms with Crippen molar-refractivity contribution in [3.8, 4) is 17.2 Å². The Hall–Kier alpha value is -3.21. The summed E-state index contributed by atoms with van der Waals surface area (Å²) in [4.78, 5) is 14.8. The number of hydrogen-bond acceptors (Lipinski definition) is 5. The second kappa shape index (κ2) is 7.43. The fourth-order valence-corrected chi connectivity index (χ4v) is 3.02. The fourth-order valence-electron chi connectivity index (χ4n) is 3.02. The number of aromatic hydroxyl groups is 1. The van der Waals surface area contributed by atoms with Gasteiger partial charge in [0, 0.05) is 25.8 Å². The van der Waals surface area contributed by atoms with Crippen LogP contribution in [0.25, 0.3) is 12.2 Å². The molecule has 0 atom stereocenters. The summed E-state index contributed by atoms with van der Waals surface area (Å²) in [6.45, 7) is 3.83. The first-order valence-corrected chi connectivity index (χ1v) is 9.04. The molecule has 28 heavy (non-hydrogen) atoms. The van der Waals surface area contributed by atoms with Gasteiger partial charge < -0.3 is 19.5 Å². The molecule has 0 saturated carbocycles. The Morgan fingerprint density at radius 3 is 2.50 bits per heavy atom. The van der Waals surface area contributed by atoms with Crippen LogP contribution in [0.1, 0.15) is 35.3 Å². The molecule has 146 valence electrons. The molecule has 1 heterocycles. The molecule has 0 aliphatic carbocycles. The molecule has 1 aliphatic heterocycles. The van der Waals surface area contributed by atoms with Crippen LogP contribution in [0.4, 0.5) is 5.69 Å². The van der Waals surface area contributed by atoms with Crippen LogP contribution in [-0.2, 0) is 0 Å². The summed E-state index contributed by atoms with van der Waals surface area (Å²) >= 11 is 0. The van der Waals surface area contributed by atoms with Gasteiger partial charge in [0.2, 0.25) is 0 Å². The Balaban J connectivity index is 1.93. The van der Waals surface area contributed by atoms with Crippen molar-refractivity contribution in [1.82, 2.24) is 0 Å². The van der Waals surface area contributed by atoms with Gasteiger partial charge >= 0.3 is 0 Å². The van der Waals surface area contributed by atoms with Crippen LogP contribution in [0.15, 0.2) is 42.5 Å². The van der Waals surface area contributed by atoms with Crippen LogP contribution in [0.3, 0.4) is 0 Å². The molecular weight excluding hydrogens is 354 g/mol. The third-order valence-corrected chi connectivity index (χ3v) is 4.59. The van der Waals surface area contributed by atoms with E-state index in [9.17, 15) is 9.90 Å². The van der Waals surface area contributed by atoms with Crippen LogP contribution in [0, 0.1) is 0 Å². The summed E-state index contributed by atoms with van der Waals surface area (Å²) in [6, 6.07) is 9.46. The zero-order valence-electron chi connectivity index (χ0n) is 16.8. The molecule has 1 aliphatic rings. The standard InChI is InChI=1S/C23H25NO4/c1-23(2)13-12-17-19(28-23)14-20(27-5)21(22(17)26)18(25)11-8-15-6-9-16(10-7-15)24(3)4/h6-14,26H,1-5H3/b11-8+. The molecule has 2 aromatic carbocycles. The quantitative estimate of drug-likeness (QED) is 0.610. The third kappa shape index (κ3) is 3.88. The van der Waals surface area contributed by atoms with Gasteiger partial charge in [-0.05, 0) is 49.8 Å². The summed E-state index contributed by atoms with van der Waals surface area (Å²) in [6.07, 6.45) is 6.77. The average Bonchev–Trinajstić information content (AvgIpc) is 2.65. The van der Waals surface area contributed by atoms with Crippen molar-refractivity contribution in [3.05, 3.63) is 59.2 Å². The van der Waals surface area contributed by atoms with Gasteiger partial charge in [-0.3, -0.25) is 4.79 Å². The van der Waals surface area contributed by atoms with E-state index in [1.165, 1.54) is 13.2 Å². The summed E-state index contributed by atoms with van der Waals surface area (Å²) in [5, 5.41) is 10.7. The van der Waals surface area contributed by atoms with E-state index in [4.69, 9.17) is 9.47 Å². The smallest absolute Gasteiger partial charge is 0.193 e. The summed E-state index contributed by atoms with van der Waals surface area (Å²) in [5.41, 5.74) is 2.07. The first kappa shape index (κ1) is 19.5. The first-order chi connectivity index (χ1) is 13.2. The molecular formula is C23H25NO4. The van der Waals surface area contributed by atoms with Gasteiger partial charge in [-0.1, -0.05) is 18.2 Å². The molecule has 0 bridgehead atoms. The molecule has 5 heteroatoms.